The number of amides is 1. The average Bonchev–Trinajstić information content (AvgIpc) is 3.35. The van der Waals surface area contributed by atoms with Crippen LogP contribution < -0.4 is 5.32 Å². The molecule has 148 valence electrons. The van der Waals surface area contributed by atoms with E-state index in [1.54, 1.807) is 6.33 Å². The van der Waals surface area contributed by atoms with Gasteiger partial charge in [0.15, 0.2) is 5.78 Å². The number of imidazole rings is 1. The Labute approximate surface area is 168 Å². The molecule has 1 fully saturated rings. The van der Waals surface area contributed by atoms with Crippen molar-refractivity contribution in [3.05, 3.63) is 59.9 Å². The molecule has 1 saturated heterocycles. The van der Waals surface area contributed by atoms with Gasteiger partial charge in [0.05, 0.1) is 30.6 Å². The quantitative estimate of drug-likeness (QED) is 0.654. The fourth-order valence-electron chi connectivity index (χ4n) is 4.34. The molecule has 2 aromatic carbocycles. The Morgan fingerprint density at radius 3 is 2.90 bits per heavy atom. The number of para-hydroxylation sites is 1. The normalized spacial score (nSPS) is 20.4. The number of rotatable bonds is 5. The Morgan fingerprint density at radius 2 is 2.03 bits per heavy atom. The Morgan fingerprint density at radius 1 is 1.21 bits per heavy atom. The molecule has 2 aliphatic rings. The van der Waals surface area contributed by atoms with Gasteiger partial charge in [-0.25, -0.2) is 4.98 Å². The van der Waals surface area contributed by atoms with Gasteiger partial charge in [-0.1, -0.05) is 24.3 Å². The van der Waals surface area contributed by atoms with Gasteiger partial charge in [-0.3, -0.25) is 14.5 Å². The monoisotopic (exact) mass is 390 g/mol. The number of hydrogen-bond acceptors (Lipinski definition) is 5. The van der Waals surface area contributed by atoms with Crippen LogP contribution in [0, 0.1) is 0 Å². The number of carbonyl (C=O) groups excluding carboxylic acids is 2. The van der Waals surface area contributed by atoms with Crippen LogP contribution in [0.2, 0.25) is 0 Å². The van der Waals surface area contributed by atoms with E-state index in [4.69, 9.17) is 4.74 Å². The van der Waals surface area contributed by atoms with Crippen LogP contribution in [0.3, 0.4) is 0 Å². The number of carbonyl (C=O) groups is 2. The van der Waals surface area contributed by atoms with E-state index in [9.17, 15) is 9.59 Å². The molecule has 2 aliphatic heterocycles. The Kier molecular flexibility index (Phi) is 4.61. The fraction of sp³-hybridized carbons (Fsp3) is 0.318. The Bertz CT molecular complexity index is 1070. The van der Waals surface area contributed by atoms with Gasteiger partial charge < -0.3 is 15.0 Å². The minimum absolute atomic E-state index is 0.0614. The lowest BCUT2D eigenvalue weighted by molar-refractivity contribution is -0.128. The fourth-order valence-corrected chi connectivity index (χ4v) is 4.34. The Balaban J connectivity index is 1.46. The SMILES string of the molecule is O=C(CC(c1ccc2nc[nH]c2c1)N1CCOCC1)C1C(=O)Nc2ccccc21. The second kappa shape index (κ2) is 7.42. The van der Waals surface area contributed by atoms with Gasteiger partial charge in [0.1, 0.15) is 5.92 Å². The third-order valence-corrected chi connectivity index (χ3v) is 5.82. The van der Waals surface area contributed by atoms with Crippen molar-refractivity contribution < 1.29 is 14.3 Å². The highest BCUT2D eigenvalue weighted by Crippen LogP contribution is 2.36. The smallest absolute Gasteiger partial charge is 0.239 e. The third-order valence-electron chi connectivity index (χ3n) is 5.82. The van der Waals surface area contributed by atoms with Gasteiger partial charge >= 0.3 is 0 Å². The number of aromatic nitrogens is 2. The van der Waals surface area contributed by atoms with Crippen molar-refractivity contribution in [1.29, 1.82) is 0 Å². The second-order valence-corrected chi connectivity index (χ2v) is 7.52. The van der Waals surface area contributed by atoms with Crippen molar-refractivity contribution in [2.45, 2.75) is 18.4 Å². The minimum atomic E-state index is -0.745. The van der Waals surface area contributed by atoms with Crippen LogP contribution in [0.5, 0.6) is 0 Å². The van der Waals surface area contributed by atoms with Gasteiger partial charge in [-0.05, 0) is 29.3 Å². The van der Waals surface area contributed by atoms with E-state index in [1.807, 2.05) is 36.4 Å². The minimum Gasteiger partial charge on any atom is -0.379 e. The molecule has 3 aromatic rings. The molecule has 3 heterocycles. The number of nitrogens with one attached hydrogen (secondary N) is 2. The summed E-state index contributed by atoms with van der Waals surface area (Å²) in [4.78, 5) is 35.5. The van der Waals surface area contributed by atoms with Crippen LogP contribution in [0.4, 0.5) is 5.69 Å². The van der Waals surface area contributed by atoms with E-state index in [0.29, 0.717) is 13.2 Å². The van der Waals surface area contributed by atoms with Gasteiger partial charge in [0, 0.05) is 31.2 Å². The molecule has 5 rings (SSSR count). The molecule has 1 amide bonds. The zero-order valence-corrected chi connectivity index (χ0v) is 15.9. The summed E-state index contributed by atoms with van der Waals surface area (Å²) in [6.07, 6.45) is 1.94. The first-order chi connectivity index (χ1) is 14.2. The van der Waals surface area contributed by atoms with Gasteiger partial charge in [0.25, 0.3) is 0 Å². The largest absolute Gasteiger partial charge is 0.379 e. The standard InChI is InChI=1S/C22H22N4O3/c27-20(21-15-3-1-2-4-16(15)25-22(21)28)12-19(26-7-9-29-10-8-26)14-5-6-17-18(11-14)24-13-23-17/h1-6,11,13,19,21H,7-10,12H2,(H,23,24)(H,25,28). The highest BCUT2D eigenvalue weighted by atomic mass is 16.5. The molecule has 1 aromatic heterocycles. The first-order valence-electron chi connectivity index (χ1n) is 9.88. The van der Waals surface area contributed by atoms with Crippen LogP contribution in [-0.4, -0.2) is 52.9 Å². The van der Waals surface area contributed by atoms with Crippen LogP contribution >= 0.6 is 0 Å². The number of H-pyrrole nitrogens is 1. The molecule has 0 radical (unpaired) electrons. The lowest BCUT2D eigenvalue weighted by Gasteiger charge is -2.35. The van der Waals surface area contributed by atoms with Crippen LogP contribution in [0.1, 0.15) is 29.5 Å². The van der Waals surface area contributed by atoms with Crippen molar-refractivity contribution in [2.75, 3.05) is 31.6 Å². The van der Waals surface area contributed by atoms with Crippen LogP contribution in [0.25, 0.3) is 11.0 Å². The number of morpholine rings is 1. The van der Waals surface area contributed by atoms with E-state index in [-0.39, 0.29) is 24.2 Å². The maximum absolute atomic E-state index is 13.3. The summed E-state index contributed by atoms with van der Waals surface area (Å²) in [6.45, 7) is 2.80. The maximum atomic E-state index is 13.3. The first-order valence-corrected chi connectivity index (χ1v) is 9.88. The van der Waals surface area contributed by atoms with Crippen LogP contribution in [0.15, 0.2) is 48.8 Å². The number of benzene rings is 2. The van der Waals surface area contributed by atoms with E-state index >= 15 is 0 Å². The predicted octanol–water partition coefficient (Wildman–Crippen LogP) is 2.63. The highest BCUT2D eigenvalue weighted by molar-refractivity contribution is 6.17. The number of aromatic amines is 1. The number of Topliss-reactive ketones (excluding diaryl/α,β-unsaturated/α-hetero) is 1. The topological polar surface area (TPSA) is 87.3 Å². The van der Waals surface area contributed by atoms with E-state index in [0.717, 1.165) is 40.9 Å². The molecule has 7 nitrogen and oxygen atoms in total. The second-order valence-electron chi connectivity index (χ2n) is 7.52. The molecule has 2 atom stereocenters. The molecule has 0 saturated carbocycles. The summed E-state index contributed by atoms with van der Waals surface area (Å²) >= 11 is 0. The number of anilines is 1. The van der Waals surface area contributed by atoms with Gasteiger partial charge in [0.2, 0.25) is 5.91 Å². The summed E-state index contributed by atoms with van der Waals surface area (Å²) in [6, 6.07) is 13.4. The van der Waals surface area contributed by atoms with E-state index in [2.05, 4.69) is 26.3 Å². The maximum Gasteiger partial charge on any atom is 0.239 e. The molecule has 0 spiro atoms. The summed E-state index contributed by atoms with van der Waals surface area (Å²) in [5.74, 6) is -1.04. The number of hydrogen-bond donors (Lipinski definition) is 2. The molecule has 7 heteroatoms. The average molecular weight is 390 g/mol. The lowest BCUT2D eigenvalue weighted by atomic mass is 9.89. The summed E-state index contributed by atoms with van der Waals surface area (Å²) in [5.41, 5.74) is 4.38. The lowest BCUT2D eigenvalue weighted by Crippen LogP contribution is -2.40. The molecular weight excluding hydrogens is 368 g/mol. The third kappa shape index (κ3) is 3.32. The highest BCUT2D eigenvalue weighted by Gasteiger charge is 2.38. The number of ketones is 1. The molecule has 2 N–H and O–H groups in total. The summed E-state index contributed by atoms with van der Waals surface area (Å²) < 4.78 is 5.51. The molecule has 0 bridgehead atoms. The number of nitrogens with zero attached hydrogens (tertiary/aromatic N) is 2. The number of fused-ring (bicyclic) bond motifs is 2. The van der Waals surface area contributed by atoms with Crippen molar-refractivity contribution in [3.8, 4) is 0 Å². The van der Waals surface area contributed by atoms with Crippen LogP contribution in [-0.2, 0) is 14.3 Å². The zero-order valence-electron chi connectivity index (χ0n) is 15.9. The summed E-state index contributed by atoms with van der Waals surface area (Å²) in [7, 11) is 0. The van der Waals surface area contributed by atoms with Crippen molar-refractivity contribution >= 4 is 28.4 Å². The summed E-state index contributed by atoms with van der Waals surface area (Å²) in [5, 5.41) is 2.84. The van der Waals surface area contributed by atoms with Gasteiger partial charge in [-0.2, -0.15) is 0 Å². The first kappa shape index (κ1) is 18.0. The zero-order chi connectivity index (χ0) is 19.8. The van der Waals surface area contributed by atoms with Crippen molar-refractivity contribution in [1.82, 2.24) is 14.9 Å². The van der Waals surface area contributed by atoms with Gasteiger partial charge in [-0.15, -0.1) is 0 Å². The van der Waals surface area contributed by atoms with Crippen molar-refractivity contribution in [2.24, 2.45) is 0 Å². The predicted molar refractivity (Wildman–Crippen MR) is 109 cm³/mol. The number of ether oxygens (including phenoxy) is 1. The van der Waals surface area contributed by atoms with E-state index in [1.165, 1.54) is 0 Å². The molecular formula is C22H22N4O3. The van der Waals surface area contributed by atoms with E-state index < -0.39 is 5.92 Å². The Hall–Kier alpha value is -3.03. The molecule has 29 heavy (non-hydrogen) atoms. The van der Waals surface area contributed by atoms with Crippen molar-refractivity contribution in [3.63, 3.8) is 0 Å². The molecule has 2 unspecified atom stereocenters. The molecule has 0 aliphatic carbocycles.